The Morgan fingerprint density at radius 3 is 2.66 bits per heavy atom. The number of amides is 2. The third-order valence-electron chi connectivity index (χ3n) is 6.37. The molecule has 4 rings (SSSR count). The summed E-state index contributed by atoms with van der Waals surface area (Å²) in [5.41, 5.74) is 4.48. The first kappa shape index (κ1) is 22.5. The highest BCUT2D eigenvalue weighted by Gasteiger charge is 2.34. The lowest BCUT2D eigenvalue weighted by atomic mass is 9.98. The van der Waals surface area contributed by atoms with Crippen molar-refractivity contribution in [1.82, 2.24) is 4.31 Å². The molecule has 2 amide bonds. The van der Waals surface area contributed by atoms with Crippen molar-refractivity contribution in [3.63, 3.8) is 0 Å². The zero-order valence-electron chi connectivity index (χ0n) is 18.5. The molecule has 170 valence electrons. The lowest BCUT2D eigenvalue weighted by Gasteiger charge is -2.31. The molecule has 32 heavy (non-hydrogen) atoms. The molecule has 0 aliphatic carbocycles. The van der Waals surface area contributed by atoms with E-state index in [1.807, 2.05) is 32.0 Å². The van der Waals surface area contributed by atoms with E-state index in [4.69, 9.17) is 0 Å². The molecule has 0 saturated carbocycles. The summed E-state index contributed by atoms with van der Waals surface area (Å²) < 4.78 is 28.1. The van der Waals surface area contributed by atoms with Gasteiger partial charge in [0.1, 0.15) is 0 Å². The maximum Gasteiger partial charge on any atom is 0.243 e. The minimum Gasteiger partial charge on any atom is -0.326 e. The van der Waals surface area contributed by atoms with Crippen LogP contribution in [0.5, 0.6) is 0 Å². The number of benzene rings is 2. The summed E-state index contributed by atoms with van der Waals surface area (Å²) in [5.74, 6) is -0.606. The number of rotatable bonds is 4. The second kappa shape index (κ2) is 9.03. The lowest BCUT2D eigenvalue weighted by molar-refractivity contribution is -0.121. The first-order chi connectivity index (χ1) is 15.2. The summed E-state index contributed by atoms with van der Waals surface area (Å²) >= 11 is 0. The summed E-state index contributed by atoms with van der Waals surface area (Å²) in [6, 6.07) is 10.6. The Morgan fingerprint density at radius 2 is 1.88 bits per heavy atom. The smallest absolute Gasteiger partial charge is 0.243 e. The minimum absolute atomic E-state index is 0.0481. The molecule has 1 saturated heterocycles. The van der Waals surface area contributed by atoms with Crippen molar-refractivity contribution in [2.75, 3.05) is 23.7 Å². The van der Waals surface area contributed by atoms with Crippen LogP contribution in [0.2, 0.25) is 0 Å². The van der Waals surface area contributed by atoms with Gasteiger partial charge >= 0.3 is 0 Å². The maximum absolute atomic E-state index is 13.3. The Hall–Kier alpha value is -2.71. The van der Waals surface area contributed by atoms with Crippen LogP contribution in [0.25, 0.3) is 0 Å². The number of nitrogens with zero attached hydrogens (tertiary/aromatic N) is 1. The summed E-state index contributed by atoms with van der Waals surface area (Å²) in [6.07, 6.45) is 3.05. The van der Waals surface area contributed by atoms with Gasteiger partial charge in [0.15, 0.2) is 0 Å². The largest absolute Gasteiger partial charge is 0.326 e. The normalized spacial score (nSPS) is 19.6. The molecule has 2 aromatic rings. The van der Waals surface area contributed by atoms with Crippen molar-refractivity contribution in [2.24, 2.45) is 5.92 Å². The number of nitrogens with one attached hydrogen (secondary N) is 2. The molecule has 2 aliphatic rings. The van der Waals surface area contributed by atoms with Crippen LogP contribution in [0.15, 0.2) is 41.3 Å². The molecule has 0 spiro atoms. The molecule has 0 bridgehead atoms. The Balaban J connectivity index is 1.49. The van der Waals surface area contributed by atoms with Crippen molar-refractivity contribution in [3.8, 4) is 0 Å². The van der Waals surface area contributed by atoms with Gasteiger partial charge in [-0.15, -0.1) is 0 Å². The van der Waals surface area contributed by atoms with Gasteiger partial charge < -0.3 is 10.6 Å². The van der Waals surface area contributed by atoms with Crippen LogP contribution in [0, 0.1) is 19.8 Å². The van der Waals surface area contributed by atoms with Crippen LogP contribution in [-0.4, -0.2) is 37.6 Å². The van der Waals surface area contributed by atoms with Crippen LogP contribution < -0.4 is 10.6 Å². The van der Waals surface area contributed by atoms with E-state index in [9.17, 15) is 18.0 Å². The number of carbonyl (C=O) groups excluding carboxylic acids is 2. The quantitative estimate of drug-likeness (QED) is 0.736. The van der Waals surface area contributed by atoms with E-state index < -0.39 is 15.9 Å². The van der Waals surface area contributed by atoms with E-state index in [0.717, 1.165) is 22.4 Å². The molecule has 0 aromatic heterocycles. The summed E-state index contributed by atoms with van der Waals surface area (Å²) in [7, 11) is -3.73. The number of hydrogen-bond donors (Lipinski definition) is 2. The first-order valence-corrected chi connectivity index (χ1v) is 12.5. The molecule has 1 atom stereocenters. The molecular formula is C24H29N3O4S. The predicted molar refractivity (Wildman–Crippen MR) is 124 cm³/mol. The van der Waals surface area contributed by atoms with Gasteiger partial charge in [-0.1, -0.05) is 6.07 Å². The van der Waals surface area contributed by atoms with Gasteiger partial charge in [-0.2, -0.15) is 4.31 Å². The minimum atomic E-state index is -3.73. The standard InChI is InChI=1S/C24H29N3O4S/c1-16-8-9-20(13-17(16)2)25-24(29)19-6-4-12-27(15-19)32(30,31)21-10-11-22-18(14-21)5-3-7-23(28)26-22/h8-11,13-14,19H,3-7,12,15H2,1-2H3,(H,25,29)(H,26,28)/t19-/m1/s1. The fraction of sp³-hybridized carbons (Fsp3) is 0.417. The zero-order valence-corrected chi connectivity index (χ0v) is 19.3. The van der Waals surface area contributed by atoms with E-state index in [0.29, 0.717) is 44.3 Å². The summed E-state index contributed by atoms with van der Waals surface area (Å²) in [5, 5.41) is 5.78. The number of carbonyl (C=O) groups is 2. The van der Waals surface area contributed by atoms with Gasteiger partial charge in [0.05, 0.1) is 10.8 Å². The molecule has 2 N–H and O–H groups in total. The number of aryl methyl sites for hydroxylation is 3. The van der Waals surface area contributed by atoms with E-state index in [-0.39, 0.29) is 23.3 Å². The van der Waals surface area contributed by atoms with E-state index in [2.05, 4.69) is 10.6 Å². The second-order valence-corrected chi connectivity index (χ2v) is 10.6. The molecule has 1 fully saturated rings. The number of sulfonamides is 1. The SMILES string of the molecule is Cc1ccc(NC(=O)[C@@H]2CCCN(S(=O)(=O)c3ccc4c(c3)CCCC(=O)N4)C2)cc1C. The molecular weight excluding hydrogens is 426 g/mol. The van der Waals surface area contributed by atoms with Gasteiger partial charge in [0.25, 0.3) is 0 Å². The van der Waals surface area contributed by atoms with Crippen molar-refractivity contribution in [1.29, 1.82) is 0 Å². The Kier molecular flexibility index (Phi) is 6.35. The van der Waals surface area contributed by atoms with Crippen molar-refractivity contribution >= 4 is 33.2 Å². The molecule has 0 radical (unpaired) electrons. The second-order valence-electron chi connectivity index (χ2n) is 8.71. The molecule has 0 unspecified atom stereocenters. The van der Waals surface area contributed by atoms with Crippen LogP contribution in [0.3, 0.4) is 0 Å². The average molecular weight is 456 g/mol. The maximum atomic E-state index is 13.3. The van der Waals surface area contributed by atoms with Gasteiger partial charge in [-0.25, -0.2) is 8.42 Å². The fourth-order valence-electron chi connectivity index (χ4n) is 4.30. The highest BCUT2D eigenvalue weighted by Crippen LogP contribution is 2.29. The molecule has 7 nitrogen and oxygen atoms in total. The van der Waals surface area contributed by atoms with Gasteiger partial charge in [0.2, 0.25) is 21.8 Å². The number of anilines is 2. The number of hydrogen-bond acceptors (Lipinski definition) is 4. The monoisotopic (exact) mass is 455 g/mol. The highest BCUT2D eigenvalue weighted by molar-refractivity contribution is 7.89. The average Bonchev–Trinajstić information content (AvgIpc) is 2.96. The fourth-order valence-corrected chi connectivity index (χ4v) is 5.87. The molecule has 2 aliphatic heterocycles. The van der Waals surface area contributed by atoms with Gasteiger partial charge in [-0.3, -0.25) is 9.59 Å². The van der Waals surface area contributed by atoms with Gasteiger partial charge in [0, 0.05) is 30.9 Å². The van der Waals surface area contributed by atoms with Crippen molar-refractivity contribution in [3.05, 3.63) is 53.1 Å². The predicted octanol–water partition coefficient (Wildman–Crippen LogP) is 3.62. The molecule has 8 heteroatoms. The first-order valence-electron chi connectivity index (χ1n) is 11.0. The van der Waals surface area contributed by atoms with E-state index in [1.54, 1.807) is 18.2 Å². The van der Waals surface area contributed by atoms with Crippen LogP contribution in [-0.2, 0) is 26.0 Å². The number of fused-ring (bicyclic) bond motifs is 1. The third kappa shape index (κ3) is 4.71. The Bertz CT molecular complexity index is 1160. The van der Waals surface area contributed by atoms with E-state index in [1.165, 1.54) is 4.31 Å². The highest BCUT2D eigenvalue weighted by atomic mass is 32.2. The van der Waals surface area contributed by atoms with Crippen LogP contribution in [0.1, 0.15) is 42.4 Å². The van der Waals surface area contributed by atoms with Crippen molar-refractivity contribution in [2.45, 2.75) is 50.8 Å². The zero-order chi connectivity index (χ0) is 22.9. The van der Waals surface area contributed by atoms with Crippen LogP contribution in [0.4, 0.5) is 11.4 Å². The van der Waals surface area contributed by atoms with Gasteiger partial charge in [-0.05, 0) is 86.6 Å². The number of piperidine rings is 1. The lowest BCUT2D eigenvalue weighted by Crippen LogP contribution is -2.43. The van der Waals surface area contributed by atoms with E-state index >= 15 is 0 Å². The third-order valence-corrected chi connectivity index (χ3v) is 8.23. The summed E-state index contributed by atoms with van der Waals surface area (Å²) in [4.78, 5) is 24.8. The van der Waals surface area contributed by atoms with Crippen molar-refractivity contribution < 1.29 is 18.0 Å². The topological polar surface area (TPSA) is 95.6 Å². The Labute approximate surface area is 189 Å². The Morgan fingerprint density at radius 1 is 1.06 bits per heavy atom. The summed E-state index contributed by atoms with van der Waals surface area (Å²) in [6.45, 7) is 4.56. The molecule has 2 heterocycles. The van der Waals surface area contributed by atoms with Crippen LogP contribution >= 0.6 is 0 Å². The molecule has 2 aromatic carbocycles.